The largest absolute Gasteiger partial charge is 0.493 e. The Morgan fingerprint density at radius 3 is 2.92 bits per heavy atom. The van der Waals surface area contributed by atoms with Crippen molar-refractivity contribution >= 4 is 11.3 Å². The molecule has 1 aliphatic rings. The molecule has 0 amide bonds. The number of methoxy groups -OCH3 is 1. The number of ether oxygens (including phenoxy) is 2. The van der Waals surface area contributed by atoms with E-state index in [1.807, 2.05) is 30.3 Å². The number of nitrogens with zero attached hydrogens (tertiary/aromatic N) is 1. The fourth-order valence-corrected chi connectivity index (χ4v) is 3.81. The second kappa shape index (κ2) is 7.25. The van der Waals surface area contributed by atoms with Gasteiger partial charge in [0, 0.05) is 23.5 Å². The van der Waals surface area contributed by atoms with Crippen LogP contribution in [0.5, 0.6) is 11.5 Å². The molecular weight excluding hydrogens is 332 g/mol. The van der Waals surface area contributed by atoms with Crippen molar-refractivity contribution in [1.29, 1.82) is 0 Å². The minimum absolute atomic E-state index is 0.281. The summed E-state index contributed by atoms with van der Waals surface area (Å²) in [5, 5.41) is 6.77. The highest BCUT2D eigenvalue weighted by Gasteiger charge is 2.22. The second-order valence-electron chi connectivity index (χ2n) is 6.03. The molecule has 128 valence electrons. The van der Waals surface area contributed by atoms with Gasteiger partial charge in [0.05, 0.1) is 12.8 Å². The summed E-state index contributed by atoms with van der Waals surface area (Å²) in [6.07, 6.45) is 0.934. The molecule has 3 aromatic rings. The number of benzene rings is 2. The van der Waals surface area contributed by atoms with Crippen molar-refractivity contribution in [3.8, 4) is 22.8 Å². The molecule has 4 nitrogen and oxygen atoms in total. The van der Waals surface area contributed by atoms with Crippen molar-refractivity contribution in [2.75, 3.05) is 13.7 Å². The van der Waals surface area contributed by atoms with Gasteiger partial charge >= 0.3 is 0 Å². The van der Waals surface area contributed by atoms with Gasteiger partial charge in [-0.05, 0) is 18.1 Å². The molecule has 0 fully saturated rings. The third kappa shape index (κ3) is 3.52. The topological polar surface area (TPSA) is 43.4 Å². The zero-order chi connectivity index (χ0) is 17.1. The van der Waals surface area contributed by atoms with Crippen LogP contribution in [-0.2, 0) is 13.0 Å². The lowest BCUT2D eigenvalue weighted by atomic mass is 10.0. The maximum atomic E-state index is 5.92. The van der Waals surface area contributed by atoms with Crippen molar-refractivity contribution in [3.63, 3.8) is 0 Å². The lowest BCUT2D eigenvalue weighted by Gasteiger charge is -2.27. The van der Waals surface area contributed by atoms with Crippen LogP contribution < -0.4 is 14.8 Å². The monoisotopic (exact) mass is 352 g/mol. The molecule has 0 saturated heterocycles. The number of rotatable bonds is 5. The van der Waals surface area contributed by atoms with Crippen molar-refractivity contribution in [2.24, 2.45) is 0 Å². The Kier molecular flexibility index (Phi) is 4.68. The molecule has 1 aliphatic heterocycles. The average Bonchev–Trinajstić information content (AvgIpc) is 3.15. The van der Waals surface area contributed by atoms with Gasteiger partial charge in [-0.3, -0.25) is 0 Å². The van der Waals surface area contributed by atoms with E-state index in [1.165, 1.54) is 5.56 Å². The van der Waals surface area contributed by atoms with Crippen molar-refractivity contribution in [2.45, 2.75) is 19.0 Å². The third-order valence-corrected chi connectivity index (χ3v) is 5.19. The summed E-state index contributed by atoms with van der Waals surface area (Å²) < 4.78 is 11.3. The molecule has 4 rings (SSSR count). The van der Waals surface area contributed by atoms with Gasteiger partial charge in [-0.2, -0.15) is 0 Å². The first kappa shape index (κ1) is 16.1. The Morgan fingerprint density at radius 2 is 2.08 bits per heavy atom. The molecule has 1 N–H and O–H groups in total. The Morgan fingerprint density at radius 1 is 1.20 bits per heavy atom. The Labute approximate surface area is 151 Å². The summed E-state index contributed by atoms with van der Waals surface area (Å²) in [6, 6.07) is 16.6. The Hall–Kier alpha value is -2.37. The van der Waals surface area contributed by atoms with E-state index in [0.717, 1.165) is 40.7 Å². The van der Waals surface area contributed by atoms with Crippen LogP contribution in [0.2, 0.25) is 0 Å². The van der Waals surface area contributed by atoms with E-state index in [9.17, 15) is 0 Å². The highest BCUT2D eigenvalue weighted by atomic mass is 32.1. The first-order valence-corrected chi connectivity index (χ1v) is 9.23. The van der Waals surface area contributed by atoms with Crippen LogP contribution in [0.1, 0.15) is 10.6 Å². The molecule has 2 heterocycles. The van der Waals surface area contributed by atoms with E-state index in [-0.39, 0.29) is 6.04 Å². The molecule has 5 heteroatoms. The Balaban J connectivity index is 1.39. The van der Waals surface area contributed by atoms with Gasteiger partial charge in [0.2, 0.25) is 0 Å². The van der Waals surface area contributed by atoms with Crippen LogP contribution in [0.25, 0.3) is 11.3 Å². The third-order valence-electron chi connectivity index (χ3n) is 4.34. The molecule has 2 aromatic carbocycles. The van der Waals surface area contributed by atoms with Crippen LogP contribution >= 0.6 is 11.3 Å². The maximum absolute atomic E-state index is 5.92. The summed E-state index contributed by atoms with van der Waals surface area (Å²) in [5.74, 6) is 1.69. The minimum Gasteiger partial charge on any atom is -0.493 e. The first-order chi connectivity index (χ1) is 12.3. The molecule has 0 saturated carbocycles. The molecule has 0 aliphatic carbocycles. The minimum atomic E-state index is 0.281. The fourth-order valence-electron chi connectivity index (χ4n) is 3.05. The van der Waals surface area contributed by atoms with E-state index in [2.05, 4.69) is 28.9 Å². The molecule has 1 aromatic heterocycles. The molecule has 1 atom stereocenters. The van der Waals surface area contributed by atoms with Crippen LogP contribution in [0.3, 0.4) is 0 Å². The summed E-state index contributed by atoms with van der Waals surface area (Å²) in [4.78, 5) is 4.73. The molecule has 0 radical (unpaired) electrons. The first-order valence-electron chi connectivity index (χ1n) is 8.35. The van der Waals surface area contributed by atoms with Gasteiger partial charge < -0.3 is 14.8 Å². The van der Waals surface area contributed by atoms with Gasteiger partial charge in [-0.25, -0.2) is 4.98 Å². The number of para-hydroxylation sites is 1. The second-order valence-corrected chi connectivity index (χ2v) is 6.98. The highest BCUT2D eigenvalue weighted by Crippen LogP contribution is 2.34. The number of nitrogens with one attached hydrogen (secondary N) is 1. The van der Waals surface area contributed by atoms with Gasteiger partial charge in [0.1, 0.15) is 11.6 Å². The highest BCUT2D eigenvalue weighted by molar-refractivity contribution is 7.09. The number of hydrogen-bond acceptors (Lipinski definition) is 5. The lowest BCUT2D eigenvalue weighted by Crippen LogP contribution is -2.38. The van der Waals surface area contributed by atoms with Crippen molar-refractivity contribution in [1.82, 2.24) is 10.3 Å². The van der Waals surface area contributed by atoms with Crippen molar-refractivity contribution in [3.05, 3.63) is 64.5 Å². The summed E-state index contributed by atoms with van der Waals surface area (Å²) in [6.45, 7) is 1.40. The smallest absolute Gasteiger partial charge is 0.164 e. The van der Waals surface area contributed by atoms with E-state index in [1.54, 1.807) is 18.4 Å². The number of hydrogen-bond donors (Lipinski definition) is 1. The SMILES string of the molecule is COc1cccc2c1OC[C@H](NCc1nc(-c3ccccc3)cs1)C2. The lowest BCUT2D eigenvalue weighted by molar-refractivity contribution is 0.226. The predicted octanol–water partition coefficient (Wildman–Crippen LogP) is 3.91. The van der Waals surface area contributed by atoms with E-state index >= 15 is 0 Å². The van der Waals surface area contributed by atoms with E-state index < -0.39 is 0 Å². The van der Waals surface area contributed by atoms with E-state index in [4.69, 9.17) is 14.5 Å². The average molecular weight is 352 g/mol. The summed E-state index contributed by atoms with van der Waals surface area (Å²) in [5.41, 5.74) is 3.39. The molecule has 0 spiro atoms. The normalized spacial score (nSPS) is 16.1. The van der Waals surface area contributed by atoms with Gasteiger partial charge in [0.15, 0.2) is 11.5 Å². The fraction of sp³-hybridized carbons (Fsp3) is 0.250. The molecule has 0 unspecified atom stereocenters. The number of thiazole rings is 1. The van der Waals surface area contributed by atoms with Crippen molar-refractivity contribution < 1.29 is 9.47 Å². The van der Waals surface area contributed by atoms with Gasteiger partial charge in [0.25, 0.3) is 0 Å². The Bertz CT molecular complexity index is 848. The maximum Gasteiger partial charge on any atom is 0.164 e. The number of aromatic nitrogens is 1. The summed E-state index contributed by atoms with van der Waals surface area (Å²) in [7, 11) is 1.68. The van der Waals surface area contributed by atoms with Gasteiger partial charge in [-0.1, -0.05) is 42.5 Å². The predicted molar refractivity (Wildman–Crippen MR) is 100 cm³/mol. The van der Waals surface area contributed by atoms with Crippen LogP contribution in [0.4, 0.5) is 0 Å². The summed E-state index contributed by atoms with van der Waals surface area (Å²) >= 11 is 1.69. The van der Waals surface area contributed by atoms with Crippen LogP contribution in [0.15, 0.2) is 53.9 Å². The van der Waals surface area contributed by atoms with Gasteiger partial charge in [-0.15, -0.1) is 11.3 Å². The van der Waals surface area contributed by atoms with Crippen LogP contribution in [0, 0.1) is 0 Å². The van der Waals surface area contributed by atoms with E-state index in [0.29, 0.717) is 6.61 Å². The molecule has 25 heavy (non-hydrogen) atoms. The zero-order valence-electron chi connectivity index (χ0n) is 14.1. The number of fused-ring (bicyclic) bond motifs is 1. The quantitative estimate of drug-likeness (QED) is 0.756. The zero-order valence-corrected chi connectivity index (χ0v) is 14.9. The molecular formula is C20H20N2O2S. The molecule has 0 bridgehead atoms. The van der Waals surface area contributed by atoms with Crippen LogP contribution in [-0.4, -0.2) is 24.7 Å². The standard InChI is InChI=1S/C20H20N2O2S/c1-23-18-9-5-8-15-10-16(12-24-20(15)18)21-11-19-22-17(13-25-19)14-6-3-2-4-7-14/h2-9,13,16,21H,10-12H2,1H3/t16-/m1/s1.